The second kappa shape index (κ2) is 18.5. The number of nitrogens with one attached hydrogen (secondary N) is 1. The number of guanidine groups is 1. The highest BCUT2D eigenvalue weighted by atomic mass is 16.5. The van der Waals surface area contributed by atoms with Crippen molar-refractivity contribution >= 4 is 11.9 Å². The summed E-state index contributed by atoms with van der Waals surface area (Å²) in [7, 11) is 0. The summed E-state index contributed by atoms with van der Waals surface area (Å²) >= 11 is 0. The van der Waals surface area contributed by atoms with E-state index in [-0.39, 0.29) is 18.0 Å². The lowest BCUT2D eigenvalue weighted by molar-refractivity contribution is -0.146. The van der Waals surface area contributed by atoms with Gasteiger partial charge in [0, 0.05) is 6.54 Å². The van der Waals surface area contributed by atoms with E-state index in [9.17, 15) is 4.79 Å². The number of nitrogens with two attached hydrogens (primary N) is 2. The van der Waals surface area contributed by atoms with Gasteiger partial charge in [0.1, 0.15) is 6.04 Å². The van der Waals surface area contributed by atoms with Gasteiger partial charge in [0.05, 0.1) is 6.61 Å². The number of rotatable bonds is 18. The molecule has 0 spiro atoms. The average molecular weight is 371 g/mol. The average Bonchev–Trinajstić information content (AvgIpc) is 2.61. The van der Waals surface area contributed by atoms with Crippen LogP contribution in [0.3, 0.4) is 0 Å². The van der Waals surface area contributed by atoms with Gasteiger partial charge in [-0.05, 0) is 25.8 Å². The van der Waals surface area contributed by atoms with Gasteiger partial charge in [-0.25, -0.2) is 0 Å². The Balaban J connectivity index is 3.65. The topological polar surface area (TPSA) is 103 Å². The zero-order valence-corrected chi connectivity index (χ0v) is 17.1. The van der Waals surface area contributed by atoms with Gasteiger partial charge >= 0.3 is 5.97 Å². The molecule has 0 radical (unpaired) electrons. The third-order valence-corrected chi connectivity index (χ3v) is 4.42. The molecular weight excluding hydrogens is 328 g/mol. The van der Waals surface area contributed by atoms with Crippen molar-refractivity contribution in [3.8, 4) is 0 Å². The van der Waals surface area contributed by atoms with Crippen molar-refractivity contribution in [2.24, 2.45) is 16.5 Å². The van der Waals surface area contributed by atoms with Crippen molar-refractivity contribution in [2.75, 3.05) is 19.7 Å². The maximum atomic E-state index is 12.2. The number of carbonyl (C=O) groups is 1. The van der Waals surface area contributed by atoms with Crippen LogP contribution in [0.25, 0.3) is 0 Å². The van der Waals surface area contributed by atoms with Crippen LogP contribution >= 0.6 is 0 Å². The molecule has 6 heteroatoms. The quantitative estimate of drug-likeness (QED) is 0.148. The van der Waals surface area contributed by atoms with E-state index in [0.29, 0.717) is 19.6 Å². The lowest BCUT2D eigenvalue weighted by atomic mass is 10.1. The van der Waals surface area contributed by atoms with E-state index < -0.39 is 0 Å². The summed E-state index contributed by atoms with van der Waals surface area (Å²) in [5, 5.41) is 3.17. The van der Waals surface area contributed by atoms with Crippen molar-refractivity contribution < 1.29 is 9.53 Å². The van der Waals surface area contributed by atoms with E-state index in [2.05, 4.69) is 17.2 Å². The van der Waals surface area contributed by atoms with Gasteiger partial charge in [-0.2, -0.15) is 0 Å². The van der Waals surface area contributed by atoms with Crippen LogP contribution in [0.2, 0.25) is 0 Å². The normalized spacial score (nSPS) is 11.9. The summed E-state index contributed by atoms with van der Waals surface area (Å²) < 4.78 is 5.42. The van der Waals surface area contributed by atoms with E-state index >= 15 is 0 Å². The van der Waals surface area contributed by atoms with Gasteiger partial charge in [0.2, 0.25) is 0 Å². The maximum absolute atomic E-state index is 12.2. The number of esters is 1. The van der Waals surface area contributed by atoms with Gasteiger partial charge in [0.25, 0.3) is 0 Å². The van der Waals surface area contributed by atoms with Crippen molar-refractivity contribution in [3.05, 3.63) is 0 Å². The molecule has 6 nitrogen and oxygen atoms in total. The number of hydrogen-bond donors (Lipinski definition) is 3. The zero-order valence-electron chi connectivity index (χ0n) is 17.1. The summed E-state index contributed by atoms with van der Waals surface area (Å²) in [4.78, 5) is 16.1. The number of unbranched alkanes of at least 4 members (excludes halogenated alkanes) is 9. The largest absolute Gasteiger partial charge is 0.465 e. The standard InChI is InChI=1S/C20H42N4O2/c1-3-5-6-7-8-9-10-11-12-13-17-26-19(25)18(23-4-2)15-14-16-24-20(21)22/h18,23H,3-17H2,1-2H3,(H4,21,22,24)/t18-/m0/s1. The highest BCUT2D eigenvalue weighted by Crippen LogP contribution is 2.10. The molecule has 5 N–H and O–H groups in total. The smallest absolute Gasteiger partial charge is 0.323 e. The Labute approximate surface area is 160 Å². The second-order valence-electron chi connectivity index (χ2n) is 6.91. The summed E-state index contributed by atoms with van der Waals surface area (Å²) in [6.07, 6.45) is 14.2. The molecule has 0 aliphatic rings. The molecule has 0 saturated carbocycles. The molecule has 0 aliphatic carbocycles. The molecule has 0 amide bonds. The predicted octanol–water partition coefficient (Wildman–Crippen LogP) is 3.48. The minimum atomic E-state index is -0.266. The monoisotopic (exact) mass is 370 g/mol. The number of likely N-dealkylation sites (N-methyl/N-ethyl adjacent to an activating group) is 1. The third-order valence-electron chi connectivity index (χ3n) is 4.42. The Hall–Kier alpha value is -1.30. The van der Waals surface area contributed by atoms with Crippen LogP contribution in [-0.2, 0) is 9.53 Å². The van der Waals surface area contributed by atoms with Crippen LogP contribution in [-0.4, -0.2) is 37.7 Å². The van der Waals surface area contributed by atoms with Gasteiger partial charge < -0.3 is 21.5 Å². The first kappa shape index (κ1) is 24.7. The Bertz CT molecular complexity index is 358. The van der Waals surface area contributed by atoms with E-state index in [4.69, 9.17) is 16.2 Å². The van der Waals surface area contributed by atoms with E-state index in [0.717, 1.165) is 25.8 Å². The number of hydrogen-bond acceptors (Lipinski definition) is 4. The first-order valence-electron chi connectivity index (χ1n) is 10.6. The molecule has 0 unspecified atom stereocenters. The second-order valence-corrected chi connectivity index (χ2v) is 6.91. The van der Waals surface area contributed by atoms with Crippen LogP contribution in [0.4, 0.5) is 0 Å². The summed E-state index contributed by atoms with van der Waals surface area (Å²) in [6, 6.07) is -0.266. The fourth-order valence-electron chi connectivity index (χ4n) is 2.92. The fourth-order valence-corrected chi connectivity index (χ4v) is 2.92. The molecule has 26 heavy (non-hydrogen) atoms. The maximum Gasteiger partial charge on any atom is 0.323 e. The van der Waals surface area contributed by atoms with Gasteiger partial charge in [0.15, 0.2) is 5.96 Å². The van der Waals surface area contributed by atoms with Gasteiger partial charge in [-0.3, -0.25) is 9.79 Å². The van der Waals surface area contributed by atoms with Crippen molar-refractivity contribution in [1.29, 1.82) is 0 Å². The SMILES string of the molecule is CCCCCCCCCCCCOC(=O)[C@H](CCCN=C(N)N)NCC. The molecule has 154 valence electrons. The molecule has 0 aromatic carbocycles. The van der Waals surface area contributed by atoms with Crippen molar-refractivity contribution in [3.63, 3.8) is 0 Å². The molecule has 0 aromatic rings. The van der Waals surface area contributed by atoms with Crippen molar-refractivity contribution in [1.82, 2.24) is 5.32 Å². The molecule has 0 saturated heterocycles. The third kappa shape index (κ3) is 16.2. The molecule has 0 aliphatic heterocycles. The molecule has 0 bridgehead atoms. The predicted molar refractivity (Wildman–Crippen MR) is 110 cm³/mol. The first-order valence-corrected chi connectivity index (χ1v) is 10.6. The molecule has 0 aromatic heterocycles. The molecule has 0 heterocycles. The van der Waals surface area contributed by atoms with Crippen LogP contribution in [0, 0.1) is 0 Å². The van der Waals surface area contributed by atoms with Crippen molar-refractivity contribution in [2.45, 2.75) is 96.9 Å². The molecular formula is C20H42N4O2. The van der Waals surface area contributed by atoms with Crippen LogP contribution < -0.4 is 16.8 Å². The minimum absolute atomic E-state index is 0.0912. The number of ether oxygens (including phenoxy) is 1. The lowest BCUT2D eigenvalue weighted by Gasteiger charge is -2.16. The number of nitrogens with zero attached hydrogens (tertiary/aromatic N) is 1. The first-order chi connectivity index (χ1) is 12.6. The van der Waals surface area contributed by atoms with E-state index in [1.807, 2.05) is 6.92 Å². The summed E-state index contributed by atoms with van der Waals surface area (Å²) in [6.45, 7) is 6.03. The lowest BCUT2D eigenvalue weighted by Crippen LogP contribution is -2.38. The van der Waals surface area contributed by atoms with E-state index in [1.54, 1.807) is 0 Å². The molecule has 0 fully saturated rings. The molecule has 0 rings (SSSR count). The fraction of sp³-hybridized carbons (Fsp3) is 0.900. The minimum Gasteiger partial charge on any atom is -0.465 e. The van der Waals surface area contributed by atoms with Crippen LogP contribution in [0.15, 0.2) is 4.99 Å². The van der Waals surface area contributed by atoms with Gasteiger partial charge in [-0.15, -0.1) is 0 Å². The van der Waals surface area contributed by atoms with Crippen LogP contribution in [0.5, 0.6) is 0 Å². The Morgan fingerprint density at radius 1 is 0.923 bits per heavy atom. The Kier molecular flexibility index (Phi) is 17.6. The zero-order chi connectivity index (χ0) is 19.5. The molecule has 1 atom stereocenters. The number of carbonyl (C=O) groups excluding carboxylic acids is 1. The van der Waals surface area contributed by atoms with Gasteiger partial charge in [-0.1, -0.05) is 71.6 Å². The number of aliphatic imine (C=N–C) groups is 1. The highest BCUT2D eigenvalue weighted by molar-refractivity contribution is 5.76. The van der Waals surface area contributed by atoms with E-state index in [1.165, 1.54) is 51.4 Å². The highest BCUT2D eigenvalue weighted by Gasteiger charge is 2.18. The summed E-state index contributed by atoms with van der Waals surface area (Å²) in [5.74, 6) is -0.0685. The Morgan fingerprint density at radius 2 is 1.50 bits per heavy atom. The van der Waals surface area contributed by atoms with Crippen LogP contribution in [0.1, 0.15) is 90.9 Å². The summed E-state index contributed by atoms with van der Waals surface area (Å²) in [5.41, 5.74) is 10.6. The Morgan fingerprint density at radius 3 is 2.04 bits per heavy atom.